The standard InChI is InChI=1S/C15H22N2OS.ClH/c1-10-3-4-11(2)14(7-10)19-9-15(18)17-8-13(16)12-5-6-12;/h3-4,7,12-13H,5-6,8-9,16H2,1-2H3,(H,17,18);1H. The molecule has 1 saturated carbocycles. The summed E-state index contributed by atoms with van der Waals surface area (Å²) in [6, 6.07) is 6.45. The molecule has 1 aliphatic rings. The summed E-state index contributed by atoms with van der Waals surface area (Å²) in [5.41, 5.74) is 8.40. The number of benzene rings is 1. The molecule has 1 amide bonds. The number of thioether (sulfide) groups is 1. The van der Waals surface area contributed by atoms with Gasteiger partial charge in [0.25, 0.3) is 0 Å². The molecule has 1 atom stereocenters. The van der Waals surface area contributed by atoms with Crippen LogP contribution in [0.3, 0.4) is 0 Å². The molecule has 0 radical (unpaired) electrons. The second-order valence-electron chi connectivity index (χ2n) is 5.36. The number of hydrogen-bond acceptors (Lipinski definition) is 3. The lowest BCUT2D eigenvalue weighted by Crippen LogP contribution is -2.39. The molecule has 20 heavy (non-hydrogen) atoms. The SMILES string of the molecule is Cc1ccc(C)c(SCC(=O)NCC(N)C2CC2)c1.Cl. The van der Waals surface area contributed by atoms with Crippen molar-refractivity contribution in [2.24, 2.45) is 11.7 Å². The molecule has 0 aromatic heterocycles. The van der Waals surface area contributed by atoms with Crippen LogP contribution < -0.4 is 11.1 Å². The minimum absolute atomic E-state index is 0. The van der Waals surface area contributed by atoms with Gasteiger partial charge in [0.1, 0.15) is 0 Å². The van der Waals surface area contributed by atoms with E-state index < -0.39 is 0 Å². The topological polar surface area (TPSA) is 55.1 Å². The van der Waals surface area contributed by atoms with Crippen molar-refractivity contribution in [3.05, 3.63) is 29.3 Å². The first-order valence-corrected chi connectivity index (χ1v) is 7.77. The van der Waals surface area contributed by atoms with Crippen molar-refractivity contribution in [1.29, 1.82) is 0 Å². The van der Waals surface area contributed by atoms with Gasteiger partial charge in [-0.25, -0.2) is 0 Å². The van der Waals surface area contributed by atoms with Gasteiger partial charge in [0.15, 0.2) is 0 Å². The van der Waals surface area contributed by atoms with Crippen molar-refractivity contribution in [1.82, 2.24) is 5.32 Å². The van der Waals surface area contributed by atoms with Gasteiger partial charge in [-0.2, -0.15) is 0 Å². The van der Waals surface area contributed by atoms with Crippen LogP contribution in [0.4, 0.5) is 0 Å². The van der Waals surface area contributed by atoms with Crippen LogP contribution in [0.2, 0.25) is 0 Å². The van der Waals surface area contributed by atoms with Crippen molar-refractivity contribution in [3.8, 4) is 0 Å². The lowest BCUT2D eigenvalue weighted by atomic mass is 10.2. The Kier molecular flexibility index (Phi) is 6.86. The molecule has 0 saturated heterocycles. The second-order valence-corrected chi connectivity index (χ2v) is 6.38. The maximum Gasteiger partial charge on any atom is 0.230 e. The summed E-state index contributed by atoms with van der Waals surface area (Å²) in [6.45, 7) is 4.75. The quantitative estimate of drug-likeness (QED) is 0.794. The zero-order chi connectivity index (χ0) is 13.8. The minimum Gasteiger partial charge on any atom is -0.354 e. The molecule has 112 valence electrons. The summed E-state index contributed by atoms with van der Waals surface area (Å²) in [4.78, 5) is 13.0. The van der Waals surface area contributed by atoms with Crippen molar-refractivity contribution in [2.45, 2.75) is 37.6 Å². The molecular formula is C15H23ClN2OS. The Labute approximate surface area is 131 Å². The Balaban J connectivity index is 0.00000200. The molecule has 1 aromatic rings. The Morgan fingerprint density at radius 2 is 2.15 bits per heavy atom. The van der Waals surface area contributed by atoms with Gasteiger partial charge in [0.2, 0.25) is 5.91 Å². The molecule has 3 N–H and O–H groups in total. The maximum atomic E-state index is 11.8. The Morgan fingerprint density at radius 3 is 2.80 bits per heavy atom. The van der Waals surface area contributed by atoms with E-state index in [1.807, 2.05) is 0 Å². The largest absolute Gasteiger partial charge is 0.354 e. The molecule has 0 spiro atoms. The number of rotatable bonds is 6. The summed E-state index contributed by atoms with van der Waals surface area (Å²) >= 11 is 1.59. The third kappa shape index (κ3) is 5.35. The highest BCUT2D eigenvalue weighted by Gasteiger charge is 2.28. The van der Waals surface area contributed by atoms with Gasteiger partial charge >= 0.3 is 0 Å². The van der Waals surface area contributed by atoms with E-state index >= 15 is 0 Å². The minimum atomic E-state index is 0. The lowest BCUT2D eigenvalue weighted by molar-refractivity contribution is -0.118. The predicted molar refractivity (Wildman–Crippen MR) is 87.6 cm³/mol. The first-order valence-electron chi connectivity index (χ1n) is 6.78. The fourth-order valence-corrected chi connectivity index (χ4v) is 2.93. The number of hydrogen-bond donors (Lipinski definition) is 2. The first-order chi connectivity index (χ1) is 9.06. The van der Waals surface area contributed by atoms with Crippen LogP contribution in [0.25, 0.3) is 0 Å². The van der Waals surface area contributed by atoms with E-state index in [4.69, 9.17) is 5.73 Å². The number of carbonyl (C=O) groups is 1. The second kappa shape index (κ2) is 7.91. The number of carbonyl (C=O) groups excluding carboxylic acids is 1. The van der Waals surface area contributed by atoms with Crippen LogP contribution in [0.15, 0.2) is 23.1 Å². The molecule has 0 bridgehead atoms. The Morgan fingerprint density at radius 1 is 1.45 bits per heavy atom. The summed E-state index contributed by atoms with van der Waals surface area (Å²) < 4.78 is 0. The van der Waals surface area contributed by atoms with Crippen molar-refractivity contribution < 1.29 is 4.79 Å². The third-order valence-corrected chi connectivity index (χ3v) is 4.62. The fraction of sp³-hybridized carbons (Fsp3) is 0.533. The molecule has 1 aromatic carbocycles. The molecule has 0 aliphatic heterocycles. The van der Waals surface area contributed by atoms with Crippen molar-refractivity contribution >= 4 is 30.1 Å². The Hall–Kier alpha value is -0.710. The summed E-state index contributed by atoms with van der Waals surface area (Å²) in [6.07, 6.45) is 2.43. The number of nitrogens with one attached hydrogen (secondary N) is 1. The fourth-order valence-electron chi connectivity index (χ4n) is 1.98. The van der Waals surface area contributed by atoms with E-state index in [1.165, 1.54) is 28.9 Å². The summed E-state index contributed by atoms with van der Waals surface area (Å²) in [5, 5.41) is 2.92. The summed E-state index contributed by atoms with van der Waals surface area (Å²) in [7, 11) is 0. The average Bonchev–Trinajstić information content (AvgIpc) is 3.21. The smallest absolute Gasteiger partial charge is 0.230 e. The van der Waals surface area contributed by atoms with E-state index in [-0.39, 0.29) is 24.4 Å². The van der Waals surface area contributed by atoms with Crippen molar-refractivity contribution in [2.75, 3.05) is 12.3 Å². The van der Waals surface area contributed by atoms with Gasteiger partial charge in [-0.15, -0.1) is 24.2 Å². The van der Waals surface area contributed by atoms with Crippen LogP contribution in [0, 0.1) is 19.8 Å². The Bertz CT molecular complexity index is 463. The van der Waals surface area contributed by atoms with Gasteiger partial charge in [-0.05, 0) is 44.2 Å². The van der Waals surface area contributed by atoms with Crippen LogP contribution in [-0.2, 0) is 4.79 Å². The van der Waals surface area contributed by atoms with E-state index in [0.717, 1.165) is 0 Å². The highest BCUT2D eigenvalue weighted by Crippen LogP contribution is 2.31. The number of aryl methyl sites for hydroxylation is 2. The van der Waals surface area contributed by atoms with Crippen molar-refractivity contribution in [3.63, 3.8) is 0 Å². The molecule has 1 aliphatic carbocycles. The number of halogens is 1. The lowest BCUT2D eigenvalue weighted by Gasteiger charge is -2.12. The first kappa shape index (κ1) is 17.3. The van der Waals surface area contributed by atoms with Crippen LogP contribution >= 0.6 is 24.2 Å². The molecule has 1 fully saturated rings. The van der Waals surface area contributed by atoms with Gasteiger partial charge in [0.05, 0.1) is 5.75 Å². The molecule has 5 heteroatoms. The van der Waals surface area contributed by atoms with Gasteiger partial charge in [-0.3, -0.25) is 4.79 Å². The molecule has 0 heterocycles. The van der Waals surface area contributed by atoms with E-state index in [1.54, 1.807) is 11.8 Å². The van der Waals surface area contributed by atoms with Gasteiger partial charge in [0, 0.05) is 17.5 Å². The highest BCUT2D eigenvalue weighted by molar-refractivity contribution is 8.00. The molecule has 3 nitrogen and oxygen atoms in total. The number of amides is 1. The van der Waals surface area contributed by atoms with E-state index in [0.29, 0.717) is 18.2 Å². The van der Waals surface area contributed by atoms with Gasteiger partial charge < -0.3 is 11.1 Å². The third-order valence-electron chi connectivity index (χ3n) is 3.46. The maximum absolute atomic E-state index is 11.8. The van der Waals surface area contributed by atoms with E-state index in [9.17, 15) is 4.79 Å². The van der Waals surface area contributed by atoms with Crippen LogP contribution in [0.5, 0.6) is 0 Å². The predicted octanol–water partition coefficient (Wildman–Crippen LogP) is 2.67. The molecule has 2 rings (SSSR count). The van der Waals surface area contributed by atoms with Crippen LogP contribution in [0.1, 0.15) is 24.0 Å². The number of nitrogens with two attached hydrogens (primary N) is 1. The molecular weight excluding hydrogens is 292 g/mol. The van der Waals surface area contributed by atoms with Gasteiger partial charge in [-0.1, -0.05) is 17.7 Å². The highest BCUT2D eigenvalue weighted by atomic mass is 35.5. The monoisotopic (exact) mass is 314 g/mol. The molecule has 1 unspecified atom stereocenters. The normalized spacial score (nSPS) is 15.3. The summed E-state index contributed by atoms with van der Waals surface area (Å²) in [5.74, 6) is 1.16. The average molecular weight is 315 g/mol. The van der Waals surface area contributed by atoms with Crippen LogP contribution in [-0.4, -0.2) is 24.2 Å². The zero-order valence-corrected chi connectivity index (χ0v) is 13.7. The zero-order valence-electron chi connectivity index (χ0n) is 12.0. The van der Waals surface area contributed by atoms with E-state index in [2.05, 4.69) is 37.4 Å².